The Morgan fingerprint density at radius 3 is 2.71 bits per heavy atom. The zero-order chi connectivity index (χ0) is 16.1. The number of aromatic nitrogens is 2. The van der Waals surface area contributed by atoms with Gasteiger partial charge < -0.3 is 9.63 Å². The fourth-order valence-electron chi connectivity index (χ4n) is 4.51. The van der Waals surface area contributed by atoms with Gasteiger partial charge >= 0.3 is 0 Å². The minimum atomic E-state index is -0.246. The highest BCUT2D eigenvalue weighted by Gasteiger charge is 2.49. The van der Waals surface area contributed by atoms with Crippen LogP contribution in [0.4, 0.5) is 0 Å². The highest BCUT2D eigenvalue weighted by molar-refractivity contribution is 5.19. The van der Waals surface area contributed by atoms with E-state index in [1.807, 2.05) is 6.07 Å². The van der Waals surface area contributed by atoms with Gasteiger partial charge in [0.2, 0.25) is 5.89 Å². The molecule has 1 aromatic heterocycles. The average molecular weight is 325 g/mol. The largest absolute Gasteiger partial charge is 0.391 e. The van der Waals surface area contributed by atoms with Gasteiger partial charge in [0.25, 0.3) is 0 Å². The average Bonchev–Trinajstić information content (AvgIpc) is 3.27. The molecule has 24 heavy (non-hydrogen) atoms. The quantitative estimate of drug-likeness (QED) is 0.936. The van der Waals surface area contributed by atoms with E-state index in [9.17, 15) is 5.11 Å². The molecule has 2 saturated heterocycles. The number of piperidine rings is 1. The number of nitrogens with zero attached hydrogens (tertiary/aromatic N) is 3. The summed E-state index contributed by atoms with van der Waals surface area (Å²) in [4.78, 5) is 7.17. The van der Waals surface area contributed by atoms with Crippen LogP contribution in [0.25, 0.3) is 0 Å². The second-order valence-electron chi connectivity index (χ2n) is 7.54. The van der Waals surface area contributed by atoms with Gasteiger partial charge in [-0.25, -0.2) is 0 Å². The van der Waals surface area contributed by atoms with E-state index >= 15 is 0 Å². The summed E-state index contributed by atoms with van der Waals surface area (Å²) in [6.07, 6.45) is 4.92. The van der Waals surface area contributed by atoms with Crippen LogP contribution in [-0.2, 0) is 6.54 Å². The molecule has 4 unspecified atom stereocenters. The van der Waals surface area contributed by atoms with Crippen molar-refractivity contribution >= 4 is 0 Å². The number of fused-ring (bicyclic) bond motifs is 2. The van der Waals surface area contributed by atoms with Crippen molar-refractivity contribution in [3.8, 4) is 0 Å². The smallest absolute Gasteiger partial charge is 0.229 e. The van der Waals surface area contributed by atoms with E-state index in [0.29, 0.717) is 12.0 Å². The lowest BCUT2D eigenvalue weighted by Gasteiger charge is -2.38. The van der Waals surface area contributed by atoms with Crippen molar-refractivity contribution in [2.75, 3.05) is 0 Å². The SMILES string of the molecule is OC1CCC2C(c3noc(C4CC4)n3)CC1N2Cc1ccccc1. The standard InChI is InChI=1S/C19H23N3O2/c23-17-9-8-15-14(18-20-19(24-21-18)13-6-7-13)10-16(17)22(15)11-12-4-2-1-3-5-12/h1-5,13-17,23H,6-11H2. The summed E-state index contributed by atoms with van der Waals surface area (Å²) in [5.41, 5.74) is 1.30. The highest BCUT2D eigenvalue weighted by atomic mass is 16.5. The molecule has 3 fully saturated rings. The molecule has 1 aromatic carbocycles. The Morgan fingerprint density at radius 1 is 1.08 bits per heavy atom. The van der Waals surface area contributed by atoms with Crippen LogP contribution in [0.2, 0.25) is 0 Å². The molecule has 0 radical (unpaired) electrons. The molecule has 5 rings (SSSR count). The van der Waals surface area contributed by atoms with Crippen molar-refractivity contribution in [1.29, 1.82) is 0 Å². The lowest BCUT2D eigenvalue weighted by Crippen LogP contribution is -2.47. The fourth-order valence-corrected chi connectivity index (χ4v) is 4.51. The van der Waals surface area contributed by atoms with Gasteiger partial charge in [-0.3, -0.25) is 4.90 Å². The summed E-state index contributed by atoms with van der Waals surface area (Å²) in [7, 11) is 0. The van der Waals surface area contributed by atoms with E-state index in [0.717, 1.165) is 37.5 Å². The van der Waals surface area contributed by atoms with Crippen molar-refractivity contribution in [1.82, 2.24) is 15.0 Å². The number of hydrogen-bond acceptors (Lipinski definition) is 5. The van der Waals surface area contributed by atoms with E-state index < -0.39 is 0 Å². The number of hydrogen-bond donors (Lipinski definition) is 1. The molecule has 2 aromatic rings. The van der Waals surface area contributed by atoms with Crippen LogP contribution in [-0.4, -0.2) is 38.3 Å². The minimum absolute atomic E-state index is 0.205. The molecule has 2 aliphatic heterocycles. The normalized spacial score (nSPS) is 33.0. The molecule has 0 amide bonds. The maximum atomic E-state index is 10.5. The molecule has 3 heterocycles. The van der Waals surface area contributed by atoms with Crippen LogP contribution in [0, 0.1) is 0 Å². The predicted molar refractivity (Wildman–Crippen MR) is 88.4 cm³/mol. The van der Waals surface area contributed by atoms with E-state index in [2.05, 4.69) is 34.3 Å². The Bertz CT molecular complexity index is 712. The summed E-state index contributed by atoms with van der Waals surface area (Å²) < 4.78 is 5.49. The fraction of sp³-hybridized carbons (Fsp3) is 0.579. The molecule has 4 atom stereocenters. The molecule has 5 nitrogen and oxygen atoms in total. The molecule has 1 aliphatic carbocycles. The first-order valence-corrected chi connectivity index (χ1v) is 9.11. The Hall–Kier alpha value is -1.72. The van der Waals surface area contributed by atoms with E-state index in [1.54, 1.807) is 0 Å². The summed E-state index contributed by atoms with van der Waals surface area (Å²) in [6, 6.07) is 11.1. The van der Waals surface area contributed by atoms with Crippen molar-refractivity contribution in [3.05, 3.63) is 47.6 Å². The first-order chi connectivity index (χ1) is 11.8. The van der Waals surface area contributed by atoms with Crippen LogP contribution < -0.4 is 0 Å². The first-order valence-electron chi connectivity index (χ1n) is 9.11. The molecular weight excluding hydrogens is 302 g/mol. The Morgan fingerprint density at radius 2 is 1.92 bits per heavy atom. The van der Waals surface area contributed by atoms with E-state index in [-0.39, 0.29) is 18.1 Å². The summed E-state index contributed by atoms with van der Waals surface area (Å²) in [5.74, 6) is 2.46. The molecule has 5 heteroatoms. The maximum absolute atomic E-state index is 10.5. The van der Waals surface area contributed by atoms with Crippen molar-refractivity contribution < 1.29 is 9.63 Å². The molecule has 0 spiro atoms. The zero-order valence-electron chi connectivity index (χ0n) is 13.7. The third-order valence-corrected chi connectivity index (χ3v) is 5.94. The van der Waals surface area contributed by atoms with Gasteiger partial charge in [-0.1, -0.05) is 35.5 Å². The van der Waals surface area contributed by atoms with Crippen LogP contribution in [0.1, 0.15) is 61.2 Å². The molecular formula is C19H23N3O2. The third kappa shape index (κ3) is 2.47. The Kier molecular flexibility index (Phi) is 3.45. The second-order valence-corrected chi connectivity index (χ2v) is 7.54. The van der Waals surface area contributed by atoms with Gasteiger partial charge in [-0.2, -0.15) is 4.98 Å². The van der Waals surface area contributed by atoms with Gasteiger partial charge in [0.15, 0.2) is 5.82 Å². The van der Waals surface area contributed by atoms with Gasteiger partial charge in [0.1, 0.15) is 0 Å². The monoisotopic (exact) mass is 325 g/mol. The topological polar surface area (TPSA) is 62.4 Å². The molecule has 2 bridgehead atoms. The van der Waals surface area contributed by atoms with Gasteiger partial charge in [-0.15, -0.1) is 0 Å². The maximum Gasteiger partial charge on any atom is 0.229 e. The molecule has 126 valence electrons. The Labute approximate surface area is 141 Å². The molecule has 3 aliphatic rings. The van der Waals surface area contributed by atoms with Gasteiger partial charge in [0, 0.05) is 30.5 Å². The summed E-state index contributed by atoms with van der Waals surface area (Å²) >= 11 is 0. The summed E-state index contributed by atoms with van der Waals surface area (Å²) in [5, 5.41) is 14.8. The van der Waals surface area contributed by atoms with Crippen LogP contribution in [0.3, 0.4) is 0 Å². The van der Waals surface area contributed by atoms with Gasteiger partial charge in [-0.05, 0) is 37.7 Å². The molecule has 1 N–H and O–H groups in total. The third-order valence-electron chi connectivity index (χ3n) is 5.94. The number of benzene rings is 1. The van der Waals surface area contributed by atoms with E-state index in [4.69, 9.17) is 9.51 Å². The van der Waals surface area contributed by atoms with Crippen molar-refractivity contribution in [2.45, 2.75) is 68.7 Å². The van der Waals surface area contributed by atoms with Crippen molar-refractivity contribution in [3.63, 3.8) is 0 Å². The number of aliphatic hydroxyl groups is 1. The number of aliphatic hydroxyl groups excluding tert-OH is 1. The minimum Gasteiger partial charge on any atom is -0.391 e. The van der Waals surface area contributed by atoms with Crippen LogP contribution in [0.5, 0.6) is 0 Å². The summed E-state index contributed by atoms with van der Waals surface area (Å²) in [6.45, 7) is 0.886. The highest BCUT2D eigenvalue weighted by Crippen LogP contribution is 2.46. The molecule has 1 saturated carbocycles. The van der Waals surface area contributed by atoms with E-state index in [1.165, 1.54) is 18.4 Å². The van der Waals surface area contributed by atoms with Crippen LogP contribution in [0.15, 0.2) is 34.9 Å². The Balaban J connectivity index is 1.41. The van der Waals surface area contributed by atoms with Crippen molar-refractivity contribution in [2.24, 2.45) is 0 Å². The lowest BCUT2D eigenvalue weighted by molar-refractivity contribution is 0.00848. The number of rotatable bonds is 4. The zero-order valence-corrected chi connectivity index (χ0v) is 13.7. The van der Waals surface area contributed by atoms with Gasteiger partial charge in [0.05, 0.1) is 6.10 Å². The second kappa shape index (κ2) is 5.67. The van der Waals surface area contributed by atoms with Crippen LogP contribution >= 0.6 is 0 Å². The first kappa shape index (κ1) is 14.6. The predicted octanol–water partition coefficient (Wildman–Crippen LogP) is 2.83. The lowest BCUT2D eigenvalue weighted by atomic mass is 9.96.